The van der Waals surface area contributed by atoms with Crippen LogP contribution in [0, 0.1) is 5.82 Å². The number of amides is 1. The second kappa shape index (κ2) is 7.46. The van der Waals surface area contributed by atoms with E-state index in [1.807, 2.05) is 0 Å². The molecule has 1 heterocycles. The summed E-state index contributed by atoms with van der Waals surface area (Å²) in [6.45, 7) is -0.785. The standard InChI is InChI=1S/C15H12FNO4S/c16-11-5-3-10(4-6-11)12(18)9-21-14(19)8-17-15(20)13-2-1-7-22-13/h1-7H,8-9H2,(H,17,20). The molecule has 0 aliphatic rings. The number of rotatable bonds is 6. The van der Waals surface area contributed by atoms with Gasteiger partial charge in [0.1, 0.15) is 12.4 Å². The van der Waals surface area contributed by atoms with Crippen molar-refractivity contribution in [3.63, 3.8) is 0 Å². The van der Waals surface area contributed by atoms with Crippen LogP contribution in [0.1, 0.15) is 20.0 Å². The quantitative estimate of drug-likeness (QED) is 0.653. The van der Waals surface area contributed by atoms with Crippen LogP contribution in [0.5, 0.6) is 0 Å². The van der Waals surface area contributed by atoms with Crippen molar-refractivity contribution < 1.29 is 23.5 Å². The summed E-state index contributed by atoms with van der Waals surface area (Å²) < 4.78 is 17.5. The van der Waals surface area contributed by atoms with Crippen LogP contribution in [0.25, 0.3) is 0 Å². The molecular formula is C15H12FNO4S. The number of hydrogen-bond acceptors (Lipinski definition) is 5. The molecule has 0 unspecified atom stereocenters. The van der Waals surface area contributed by atoms with E-state index < -0.39 is 24.2 Å². The molecule has 1 aromatic carbocycles. The van der Waals surface area contributed by atoms with Gasteiger partial charge in [0, 0.05) is 5.56 Å². The highest BCUT2D eigenvalue weighted by molar-refractivity contribution is 7.12. The van der Waals surface area contributed by atoms with Crippen molar-refractivity contribution in [1.29, 1.82) is 0 Å². The lowest BCUT2D eigenvalue weighted by Crippen LogP contribution is -2.31. The van der Waals surface area contributed by atoms with E-state index in [2.05, 4.69) is 5.32 Å². The summed E-state index contributed by atoms with van der Waals surface area (Å²) in [5.74, 6) is -2.00. The number of Topliss-reactive ketones (excluding diaryl/α,β-unsaturated/α-hetero) is 1. The molecule has 0 aliphatic carbocycles. The highest BCUT2D eigenvalue weighted by Crippen LogP contribution is 2.07. The predicted octanol–water partition coefficient (Wildman–Crippen LogP) is 2.04. The summed E-state index contributed by atoms with van der Waals surface area (Å²) in [5.41, 5.74) is 0.247. The number of benzene rings is 1. The summed E-state index contributed by atoms with van der Waals surface area (Å²) in [6.07, 6.45) is 0. The molecule has 0 aliphatic heterocycles. The Bertz CT molecular complexity index is 667. The Morgan fingerprint density at radius 3 is 2.50 bits per heavy atom. The molecule has 0 saturated heterocycles. The zero-order valence-electron chi connectivity index (χ0n) is 11.4. The molecule has 2 aromatic rings. The third-order valence-electron chi connectivity index (χ3n) is 2.67. The normalized spacial score (nSPS) is 10.0. The molecule has 0 spiro atoms. The zero-order valence-corrected chi connectivity index (χ0v) is 12.2. The van der Waals surface area contributed by atoms with E-state index in [-0.39, 0.29) is 18.0 Å². The summed E-state index contributed by atoms with van der Waals surface area (Å²) in [6, 6.07) is 8.27. The molecular weight excluding hydrogens is 309 g/mol. The molecule has 2 rings (SSSR count). The largest absolute Gasteiger partial charge is 0.456 e. The molecule has 1 N–H and O–H groups in total. The van der Waals surface area contributed by atoms with Gasteiger partial charge >= 0.3 is 5.97 Å². The fraction of sp³-hybridized carbons (Fsp3) is 0.133. The SMILES string of the molecule is O=C(CNC(=O)c1cccs1)OCC(=O)c1ccc(F)cc1. The molecule has 0 radical (unpaired) electrons. The zero-order chi connectivity index (χ0) is 15.9. The van der Waals surface area contributed by atoms with Crippen LogP contribution >= 0.6 is 11.3 Å². The van der Waals surface area contributed by atoms with E-state index in [1.54, 1.807) is 17.5 Å². The van der Waals surface area contributed by atoms with Gasteiger partial charge in [-0.05, 0) is 35.7 Å². The summed E-state index contributed by atoms with van der Waals surface area (Å²) in [4.78, 5) is 35.2. The topological polar surface area (TPSA) is 72.5 Å². The van der Waals surface area contributed by atoms with Crippen molar-refractivity contribution in [3.8, 4) is 0 Å². The maximum absolute atomic E-state index is 12.7. The predicted molar refractivity (Wildman–Crippen MR) is 78.3 cm³/mol. The minimum Gasteiger partial charge on any atom is -0.456 e. The van der Waals surface area contributed by atoms with Crippen molar-refractivity contribution in [2.24, 2.45) is 0 Å². The maximum atomic E-state index is 12.7. The van der Waals surface area contributed by atoms with Crippen molar-refractivity contribution in [2.75, 3.05) is 13.2 Å². The van der Waals surface area contributed by atoms with Crippen molar-refractivity contribution in [2.45, 2.75) is 0 Å². The number of halogens is 1. The molecule has 1 amide bonds. The van der Waals surface area contributed by atoms with Crippen LogP contribution in [-0.4, -0.2) is 30.8 Å². The van der Waals surface area contributed by atoms with Gasteiger partial charge in [-0.2, -0.15) is 0 Å². The number of ether oxygens (including phenoxy) is 1. The lowest BCUT2D eigenvalue weighted by Gasteiger charge is -2.05. The van der Waals surface area contributed by atoms with Crippen LogP contribution in [0.4, 0.5) is 4.39 Å². The third-order valence-corrected chi connectivity index (χ3v) is 3.54. The molecule has 7 heteroatoms. The van der Waals surface area contributed by atoms with E-state index in [0.717, 1.165) is 12.1 Å². The van der Waals surface area contributed by atoms with Gasteiger partial charge in [-0.3, -0.25) is 14.4 Å². The summed E-state index contributed by atoms with van der Waals surface area (Å²) in [7, 11) is 0. The number of carbonyl (C=O) groups is 3. The van der Waals surface area contributed by atoms with Gasteiger partial charge in [-0.25, -0.2) is 4.39 Å². The average Bonchev–Trinajstić information content (AvgIpc) is 3.05. The summed E-state index contributed by atoms with van der Waals surface area (Å²) in [5, 5.41) is 4.14. The highest BCUT2D eigenvalue weighted by atomic mass is 32.1. The fourth-order valence-corrected chi connectivity index (χ4v) is 2.20. The Morgan fingerprint density at radius 2 is 1.86 bits per heavy atom. The second-order valence-corrected chi connectivity index (χ2v) is 5.20. The van der Waals surface area contributed by atoms with Gasteiger partial charge in [0.25, 0.3) is 5.91 Å². The Kier molecular flexibility index (Phi) is 5.37. The second-order valence-electron chi connectivity index (χ2n) is 4.25. The summed E-state index contributed by atoms with van der Waals surface area (Å²) >= 11 is 1.25. The molecule has 0 fully saturated rings. The third kappa shape index (κ3) is 4.49. The first-order valence-electron chi connectivity index (χ1n) is 6.32. The Labute approximate surface area is 129 Å². The number of esters is 1. The van der Waals surface area contributed by atoms with Gasteiger partial charge in [-0.15, -0.1) is 11.3 Å². The number of hydrogen-bond donors (Lipinski definition) is 1. The Hall–Kier alpha value is -2.54. The van der Waals surface area contributed by atoms with Gasteiger partial charge < -0.3 is 10.1 Å². The number of ketones is 1. The first-order chi connectivity index (χ1) is 10.6. The fourth-order valence-electron chi connectivity index (χ4n) is 1.56. The minimum absolute atomic E-state index is 0.247. The Morgan fingerprint density at radius 1 is 1.14 bits per heavy atom. The molecule has 0 bridgehead atoms. The van der Waals surface area contributed by atoms with Crippen molar-refractivity contribution in [1.82, 2.24) is 5.32 Å². The molecule has 114 valence electrons. The number of carbonyl (C=O) groups excluding carboxylic acids is 3. The molecule has 5 nitrogen and oxygen atoms in total. The number of thiophene rings is 1. The maximum Gasteiger partial charge on any atom is 0.325 e. The first-order valence-corrected chi connectivity index (χ1v) is 7.20. The highest BCUT2D eigenvalue weighted by Gasteiger charge is 2.12. The van der Waals surface area contributed by atoms with Crippen LogP contribution in [-0.2, 0) is 9.53 Å². The van der Waals surface area contributed by atoms with Gasteiger partial charge in [-0.1, -0.05) is 6.07 Å². The molecule has 0 saturated carbocycles. The lowest BCUT2D eigenvalue weighted by molar-refractivity contribution is -0.141. The van der Waals surface area contributed by atoms with Crippen LogP contribution in [0.2, 0.25) is 0 Å². The monoisotopic (exact) mass is 321 g/mol. The molecule has 0 atom stereocenters. The lowest BCUT2D eigenvalue weighted by atomic mass is 10.1. The van der Waals surface area contributed by atoms with Gasteiger partial charge in [0.05, 0.1) is 4.88 Å². The number of nitrogens with one attached hydrogen (secondary N) is 1. The molecule has 22 heavy (non-hydrogen) atoms. The Balaban J connectivity index is 1.74. The van der Waals surface area contributed by atoms with E-state index in [1.165, 1.54) is 23.5 Å². The minimum atomic E-state index is -0.722. The first kappa shape index (κ1) is 15.8. The van der Waals surface area contributed by atoms with Crippen molar-refractivity contribution >= 4 is 29.0 Å². The van der Waals surface area contributed by atoms with Gasteiger partial charge in [0.2, 0.25) is 0 Å². The van der Waals surface area contributed by atoms with E-state index >= 15 is 0 Å². The van der Waals surface area contributed by atoms with Crippen LogP contribution < -0.4 is 5.32 Å². The van der Waals surface area contributed by atoms with Crippen LogP contribution in [0.15, 0.2) is 41.8 Å². The van der Waals surface area contributed by atoms with E-state index in [0.29, 0.717) is 4.88 Å². The van der Waals surface area contributed by atoms with Crippen molar-refractivity contribution in [3.05, 3.63) is 58.0 Å². The van der Waals surface area contributed by atoms with E-state index in [9.17, 15) is 18.8 Å². The smallest absolute Gasteiger partial charge is 0.325 e. The van der Waals surface area contributed by atoms with E-state index in [4.69, 9.17) is 4.74 Å². The van der Waals surface area contributed by atoms with Gasteiger partial charge in [0.15, 0.2) is 12.4 Å². The van der Waals surface area contributed by atoms with Crippen LogP contribution in [0.3, 0.4) is 0 Å². The average molecular weight is 321 g/mol. The molecule has 1 aromatic heterocycles.